The molecule has 2 rings (SSSR count). The molecule has 1 aliphatic heterocycles. The number of benzene rings is 1. The molecule has 23 heavy (non-hydrogen) atoms. The second-order valence-corrected chi connectivity index (χ2v) is 5.88. The Morgan fingerprint density at radius 1 is 1.35 bits per heavy atom. The highest BCUT2D eigenvalue weighted by Gasteiger charge is 2.34. The van der Waals surface area contributed by atoms with Gasteiger partial charge in [0.05, 0.1) is 22.9 Å². The number of halogens is 3. The summed E-state index contributed by atoms with van der Waals surface area (Å²) in [6.45, 7) is -0.594. The molecule has 0 saturated heterocycles. The van der Waals surface area contributed by atoms with E-state index in [0.29, 0.717) is 4.90 Å². The Labute approximate surface area is 132 Å². The molecule has 124 valence electrons. The molecule has 0 radical (unpaired) electrons. The summed E-state index contributed by atoms with van der Waals surface area (Å²) in [4.78, 5) is 34.3. The van der Waals surface area contributed by atoms with Crippen molar-refractivity contribution in [1.29, 1.82) is 0 Å². The molecule has 1 aliphatic rings. The van der Waals surface area contributed by atoms with Gasteiger partial charge in [0.25, 0.3) is 5.91 Å². The van der Waals surface area contributed by atoms with Gasteiger partial charge in [-0.2, -0.15) is 13.2 Å². The van der Waals surface area contributed by atoms with Gasteiger partial charge in [0.15, 0.2) is 6.61 Å². The van der Waals surface area contributed by atoms with Crippen molar-refractivity contribution in [3.8, 4) is 0 Å². The molecular weight excluding hydrogens is 337 g/mol. The fourth-order valence-electron chi connectivity index (χ4n) is 1.82. The van der Waals surface area contributed by atoms with E-state index in [0.717, 1.165) is 23.9 Å². The van der Waals surface area contributed by atoms with Crippen LogP contribution in [-0.2, 0) is 25.3 Å². The first kappa shape index (κ1) is 17.1. The molecule has 10 heteroatoms. The van der Waals surface area contributed by atoms with Crippen LogP contribution in [0.3, 0.4) is 0 Å². The maximum absolute atomic E-state index is 12.6. The van der Waals surface area contributed by atoms with Crippen LogP contribution < -0.4 is 11.1 Å². The predicted molar refractivity (Wildman–Crippen MR) is 74.5 cm³/mol. The zero-order valence-corrected chi connectivity index (χ0v) is 12.3. The summed E-state index contributed by atoms with van der Waals surface area (Å²) in [5, 5.41) is 1.47. The lowest BCUT2D eigenvalue weighted by atomic mass is 10.1. The van der Waals surface area contributed by atoms with Crippen LogP contribution in [0.25, 0.3) is 0 Å². The fraction of sp³-hybridized carbons (Fsp3) is 0.308. The van der Waals surface area contributed by atoms with Crippen molar-refractivity contribution in [1.82, 2.24) is 0 Å². The van der Waals surface area contributed by atoms with Crippen LogP contribution in [0, 0.1) is 0 Å². The Morgan fingerprint density at radius 2 is 2.04 bits per heavy atom. The Morgan fingerprint density at radius 3 is 2.65 bits per heavy atom. The molecule has 1 heterocycles. The zero-order chi connectivity index (χ0) is 17.2. The molecule has 0 spiro atoms. The molecule has 3 N–H and O–H groups in total. The number of primary amides is 1. The molecule has 1 aromatic carbocycles. The van der Waals surface area contributed by atoms with Crippen LogP contribution in [0.15, 0.2) is 23.1 Å². The number of rotatable bonds is 4. The van der Waals surface area contributed by atoms with E-state index in [4.69, 9.17) is 5.73 Å². The first-order valence-electron chi connectivity index (χ1n) is 6.29. The first-order chi connectivity index (χ1) is 10.7. The second-order valence-electron chi connectivity index (χ2n) is 4.64. The number of nitrogens with two attached hydrogens (primary N) is 1. The number of hydrogen-bond acceptors (Lipinski definition) is 5. The van der Waals surface area contributed by atoms with Gasteiger partial charge in [0, 0.05) is 4.90 Å². The van der Waals surface area contributed by atoms with Gasteiger partial charge >= 0.3 is 12.1 Å². The van der Waals surface area contributed by atoms with Crippen molar-refractivity contribution in [3.05, 3.63) is 23.8 Å². The van der Waals surface area contributed by atoms with Crippen LogP contribution in [0.2, 0.25) is 0 Å². The average molecular weight is 348 g/mol. The normalized spacial score (nSPS) is 17.2. The number of ether oxygens (including phenoxy) is 1. The Hall–Kier alpha value is -2.23. The Kier molecular flexibility index (Phi) is 4.83. The summed E-state index contributed by atoms with van der Waals surface area (Å²) in [6, 6.07) is 2.96. The van der Waals surface area contributed by atoms with Gasteiger partial charge in [-0.25, -0.2) is 0 Å². The minimum absolute atomic E-state index is 0.0385. The summed E-state index contributed by atoms with van der Waals surface area (Å²) in [5.41, 5.74) is 3.98. The smallest absolute Gasteiger partial charge is 0.416 e. The van der Waals surface area contributed by atoms with E-state index in [1.165, 1.54) is 6.07 Å². The second kappa shape index (κ2) is 6.49. The summed E-state index contributed by atoms with van der Waals surface area (Å²) in [6.07, 6.45) is -4.84. The molecule has 0 saturated carbocycles. The summed E-state index contributed by atoms with van der Waals surface area (Å²) < 4.78 is 42.5. The van der Waals surface area contributed by atoms with Gasteiger partial charge in [-0.15, -0.1) is 11.8 Å². The van der Waals surface area contributed by atoms with Crippen molar-refractivity contribution in [2.45, 2.75) is 22.7 Å². The minimum Gasteiger partial charge on any atom is -0.456 e. The monoisotopic (exact) mass is 348 g/mol. The summed E-state index contributed by atoms with van der Waals surface area (Å²) in [5.74, 6) is -2.24. The lowest BCUT2D eigenvalue weighted by molar-refractivity contribution is -0.148. The highest BCUT2D eigenvalue weighted by Crippen LogP contribution is 2.40. The SMILES string of the molecule is NC(=O)COC(=O)C[C@H]1Sc2ccc(C(F)(F)F)cc2NC1=O. The van der Waals surface area contributed by atoms with E-state index in [9.17, 15) is 27.6 Å². The third-order valence-corrected chi connectivity index (χ3v) is 4.13. The van der Waals surface area contributed by atoms with Gasteiger partial charge in [-0.3, -0.25) is 14.4 Å². The number of carbonyl (C=O) groups is 3. The van der Waals surface area contributed by atoms with Crippen molar-refractivity contribution >= 4 is 35.2 Å². The predicted octanol–water partition coefficient (Wildman–Crippen LogP) is 1.54. The van der Waals surface area contributed by atoms with Crippen molar-refractivity contribution < 1.29 is 32.3 Å². The molecule has 0 aromatic heterocycles. The average Bonchev–Trinajstić information content (AvgIpc) is 2.44. The van der Waals surface area contributed by atoms with Gasteiger partial charge in [-0.05, 0) is 18.2 Å². The first-order valence-corrected chi connectivity index (χ1v) is 7.17. The van der Waals surface area contributed by atoms with E-state index in [1.807, 2.05) is 0 Å². The number of hydrogen-bond donors (Lipinski definition) is 2. The van der Waals surface area contributed by atoms with E-state index < -0.39 is 41.4 Å². The zero-order valence-electron chi connectivity index (χ0n) is 11.5. The lowest BCUT2D eigenvalue weighted by Gasteiger charge is -2.24. The Bertz CT molecular complexity index is 663. The van der Waals surface area contributed by atoms with Crippen LogP contribution >= 0.6 is 11.8 Å². The molecule has 1 atom stereocenters. The van der Waals surface area contributed by atoms with Gasteiger partial charge < -0.3 is 15.8 Å². The minimum atomic E-state index is -4.51. The topological polar surface area (TPSA) is 98.5 Å². The summed E-state index contributed by atoms with van der Waals surface area (Å²) in [7, 11) is 0. The van der Waals surface area contributed by atoms with Crippen LogP contribution in [0.1, 0.15) is 12.0 Å². The van der Waals surface area contributed by atoms with Gasteiger partial charge in [0.1, 0.15) is 0 Å². The molecule has 0 fully saturated rings. The van der Waals surface area contributed by atoms with E-state index in [1.54, 1.807) is 0 Å². The number of anilines is 1. The maximum Gasteiger partial charge on any atom is 0.416 e. The Balaban J connectivity index is 2.08. The standard InChI is InChI=1S/C13H11F3N2O4S/c14-13(15,16)6-1-2-8-7(3-6)18-12(21)9(23-8)4-11(20)22-5-10(17)19/h1-3,9H,4-5H2,(H2,17,19)(H,18,21)/t9-/m1/s1. The van der Waals surface area contributed by atoms with Crippen LogP contribution in [-0.4, -0.2) is 29.6 Å². The lowest BCUT2D eigenvalue weighted by Crippen LogP contribution is -2.32. The molecule has 0 unspecified atom stereocenters. The van der Waals surface area contributed by atoms with Crippen LogP contribution in [0.5, 0.6) is 0 Å². The van der Waals surface area contributed by atoms with Crippen molar-refractivity contribution in [3.63, 3.8) is 0 Å². The third-order valence-electron chi connectivity index (χ3n) is 2.85. The number of carbonyl (C=O) groups excluding carboxylic acids is 3. The molecule has 0 aliphatic carbocycles. The number of thioether (sulfide) groups is 1. The fourth-order valence-corrected chi connectivity index (χ4v) is 2.90. The quantitative estimate of drug-likeness (QED) is 0.804. The number of alkyl halides is 3. The van der Waals surface area contributed by atoms with Crippen molar-refractivity contribution in [2.75, 3.05) is 11.9 Å². The van der Waals surface area contributed by atoms with E-state index >= 15 is 0 Å². The number of nitrogens with one attached hydrogen (secondary N) is 1. The highest BCUT2D eigenvalue weighted by atomic mass is 32.2. The van der Waals surface area contributed by atoms with Crippen LogP contribution in [0.4, 0.5) is 18.9 Å². The largest absolute Gasteiger partial charge is 0.456 e. The maximum atomic E-state index is 12.6. The third kappa shape index (κ3) is 4.38. The number of fused-ring (bicyclic) bond motifs is 1. The van der Waals surface area contributed by atoms with Gasteiger partial charge in [-0.1, -0.05) is 0 Å². The molecule has 2 amide bonds. The van der Waals surface area contributed by atoms with Crippen molar-refractivity contribution in [2.24, 2.45) is 5.73 Å². The van der Waals surface area contributed by atoms with E-state index in [-0.39, 0.29) is 12.1 Å². The molecule has 1 aromatic rings. The molecule has 6 nitrogen and oxygen atoms in total. The number of esters is 1. The summed E-state index contributed by atoms with van der Waals surface area (Å²) >= 11 is 0.951. The number of amides is 2. The van der Waals surface area contributed by atoms with E-state index in [2.05, 4.69) is 10.1 Å². The molecule has 0 bridgehead atoms. The molecular formula is C13H11F3N2O4S. The highest BCUT2D eigenvalue weighted by molar-refractivity contribution is 8.01. The van der Waals surface area contributed by atoms with Gasteiger partial charge in [0.2, 0.25) is 5.91 Å².